The van der Waals surface area contributed by atoms with E-state index in [1.54, 1.807) is 12.1 Å². The summed E-state index contributed by atoms with van der Waals surface area (Å²) < 4.78 is 5.40. The van der Waals surface area contributed by atoms with Crippen LogP contribution in [0.2, 0.25) is 0 Å². The molecule has 0 aromatic heterocycles. The number of hydrogen-bond donors (Lipinski definition) is 0. The van der Waals surface area contributed by atoms with Gasteiger partial charge in [-0.1, -0.05) is 19.1 Å². The van der Waals surface area contributed by atoms with Crippen molar-refractivity contribution in [2.24, 2.45) is 0 Å². The van der Waals surface area contributed by atoms with Gasteiger partial charge in [-0.05, 0) is 24.1 Å². The Morgan fingerprint density at radius 1 is 1.53 bits per heavy atom. The molecule has 15 heavy (non-hydrogen) atoms. The molecule has 0 radical (unpaired) electrons. The third kappa shape index (κ3) is 4.26. The molecule has 0 fully saturated rings. The minimum atomic E-state index is -0.487. The molecule has 0 spiro atoms. The third-order valence-electron chi connectivity index (χ3n) is 1.72. The molecule has 1 aromatic rings. The Hall–Kier alpha value is -1.84. The lowest BCUT2D eigenvalue weighted by atomic mass is 10.2. The van der Waals surface area contributed by atoms with Crippen molar-refractivity contribution in [2.75, 3.05) is 6.61 Å². The molecule has 1 rings (SSSR count). The van der Waals surface area contributed by atoms with Gasteiger partial charge >= 0.3 is 0 Å². The van der Waals surface area contributed by atoms with Crippen LogP contribution in [0, 0.1) is 10.1 Å². The fraction of sp³-hybridized carbons (Fsp3) is 0.273. The monoisotopic (exact) mass is 207 g/mol. The minimum absolute atomic E-state index is 0.487. The van der Waals surface area contributed by atoms with Gasteiger partial charge < -0.3 is 4.74 Å². The van der Waals surface area contributed by atoms with E-state index in [2.05, 4.69) is 0 Å². The van der Waals surface area contributed by atoms with Gasteiger partial charge in [0, 0.05) is 6.08 Å². The maximum absolute atomic E-state index is 10.1. The Kier molecular flexibility index (Phi) is 4.34. The predicted octanol–water partition coefficient (Wildman–Crippen LogP) is 2.72. The highest BCUT2D eigenvalue weighted by atomic mass is 16.6. The molecule has 0 aliphatic heterocycles. The maximum atomic E-state index is 10.1. The summed E-state index contributed by atoms with van der Waals surface area (Å²) in [6, 6.07) is 7.21. The topological polar surface area (TPSA) is 52.4 Å². The van der Waals surface area contributed by atoms with E-state index < -0.39 is 4.92 Å². The quantitative estimate of drug-likeness (QED) is 0.551. The summed E-state index contributed by atoms with van der Waals surface area (Å²) in [5.74, 6) is 0.738. The van der Waals surface area contributed by atoms with Crippen molar-refractivity contribution in [1.29, 1.82) is 0 Å². The maximum Gasteiger partial charge on any atom is 0.235 e. The molecule has 0 aliphatic rings. The fourth-order valence-electron chi connectivity index (χ4n) is 1.07. The Balaban J connectivity index is 2.69. The zero-order valence-corrected chi connectivity index (χ0v) is 8.55. The van der Waals surface area contributed by atoms with E-state index in [-0.39, 0.29) is 0 Å². The lowest BCUT2D eigenvalue weighted by molar-refractivity contribution is -0.400. The molecule has 0 saturated carbocycles. The molecule has 1 aromatic carbocycles. The van der Waals surface area contributed by atoms with Crippen molar-refractivity contribution < 1.29 is 9.66 Å². The van der Waals surface area contributed by atoms with Gasteiger partial charge in [0.2, 0.25) is 6.20 Å². The van der Waals surface area contributed by atoms with Crippen LogP contribution in [0.15, 0.2) is 30.5 Å². The number of nitrogens with zero attached hydrogens (tertiary/aromatic N) is 1. The largest absolute Gasteiger partial charge is 0.494 e. The third-order valence-corrected chi connectivity index (χ3v) is 1.72. The summed E-state index contributed by atoms with van der Waals surface area (Å²) in [7, 11) is 0. The lowest BCUT2D eigenvalue weighted by Gasteiger charge is -2.04. The van der Waals surface area contributed by atoms with Crippen molar-refractivity contribution in [3.05, 3.63) is 46.1 Å². The van der Waals surface area contributed by atoms with Gasteiger partial charge in [-0.25, -0.2) is 0 Å². The predicted molar refractivity (Wildman–Crippen MR) is 58.3 cm³/mol. The van der Waals surface area contributed by atoms with E-state index in [1.165, 1.54) is 6.08 Å². The van der Waals surface area contributed by atoms with Gasteiger partial charge in [0.1, 0.15) is 5.75 Å². The fourth-order valence-corrected chi connectivity index (χ4v) is 1.07. The number of hydrogen-bond acceptors (Lipinski definition) is 3. The van der Waals surface area contributed by atoms with Gasteiger partial charge in [-0.2, -0.15) is 0 Å². The van der Waals surface area contributed by atoms with Crippen molar-refractivity contribution >= 4 is 6.08 Å². The van der Waals surface area contributed by atoms with Crippen LogP contribution in [0.25, 0.3) is 6.08 Å². The second-order valence-corrected chi connectivity index (χ2v) is 3.02. The number of ether oxygens (including phenoxy) is 1. The van der Waals surface area contributed by atoms with Crippen molar-refractivity contribution in [2.45, 2.75) is 13.3 Å². The Morgan fingerprint density at radius 3 is 3.00 bits per heavy atom. The smallest absolute Gasteiger partial charge is 0.235 e. The first-order valence-corrected chi connectivity index (χ1v) is 4.77. The molecule has 0 atom stereocenters. The van der Waals surface area contributed by atoms with Crippen LogP contribution in [0.4, 0.5) is 0 Å². The minimum Gasteiger partial charge on any atom is -0.494 e. The highest BCUT2D eigenvalue weighted by Gasteiger charge is 1.95. The molecule has 0 unspecified atom stereocenters. The summed E-state index contributed by atoms with van der Waals surface area (Å²) in [5, 5.41) is 10.1. The molecule has 80 valence electrons. The molecule has 0 bridgehead atoms. The highest BCUT2D eigenvalue weighted by Crippen LogP contribution is 2.14. The molecule has 4 nitrogen and oxygen atoms in total. The van der Waals surface area contributed by atoms with Crippen LogP contribution in [-0.2, 0) is 0 Å². The van der Waals surface area contributed by atoms with E-state index in [1.807, 2.05) is 19.1 Å². The van der Waals surface area contributed by atoms with Crippen LogP contribution in [0.1, 0.15) is 18.9 Å². The van der Waals surface area contributed by atoms with Crippen LogP contribution in [0.5, 0.6) is 5.75 Å². The van der Waals surface area contributed by atoms with Crippen LogP contribution in [-0.4, -0.2) is 11.5 Å². The first-order chi connectivity index (χ1) is 7.22. The summed E-state index contributed by atoms with van der Waals surface area (Å²) in [4.78, 5) is 9.63. The van der Waals surface area contributed by atoms with Gasteiger partial charge in [0.15, 0.2) is 0 Å². The van der Waals surface area contributed by atoms with Gasteiger partial charge in [0.05, 0.1) is 11.5 Å². The number of nitro groups is 1. The summed E-state index contributed by atoms with van der Waals surface area (Å²) in [6.45, 7) is 2.68. The molecular weight excluding hydrogens is 194 g/mol. The van der Waals surface area contributed by atoms with Gasteiger partial charge in [-0.3, -0.25) is 10.1 Å². The Labute approximate surface area is 88.3 Å². The van der Waals surface area contributed by atoms with Crippen LogP contribution in [0.3, 0.4) is 0 Å². The molecule has 4 heteroatoms. The summed E-state index contributed by atoms with van der Waals surface area (Å²) in [5.41, 5.74) is 0.764. The molecule has 0 N–H and O–H groups in total. The summed E-state index contributed by atoms with van der Waals surface area (Å²) >= 11 is 0. The Morgan fingerprint density at radius 2 is 2.33 bits per heavy atom. The zero-order chi connectivity index (χ0) is 11.1. The van der Waals surface area contributed by atoms with Crippen molar-refractivity contribution in [3.63, 3.8) is 0 Å². The first kappa shape index (κ1) is 11.2. The molecular formula is C11H13NO3. The van der Waals surface area contributed by atoms with E-state index in [0.29, 0.717) is 6.61 Å². The molecule has 0 saturated heterocycles. The molecule has 0 amide bonds. The first-order valence-electron chi connectivity index (χ1n) is 4.77. The molecule has 0 aliphatic carbocycles. The van der Waals surface area contributed by atoms with Crippen LogP contribution >= 0.6 is 0 Å². The highest BCUT2D eigenvalue weighted by molar-refractivity contribution is 5.50. The van der Waals surface area contributed by atoms with E-state index in [4.69, 9.17) is 4.74 Å². The average Bonchev–Trinajstić information content (AvgIpc) is 2.24. The van der Waals surface area contributed by atoms with E-state index in [9.17, 15) is 10.1 Å². The lowest BCUT2D eigenvalue weighted by Crippen LogP contribution is -1.94. The summed E-state index contributed by atoms with van der Waals surface area (Å²) in [6.07, 6.45) is 3.30. The Bertz CT molecular complexity index is 361. The zero-order valence-electron chi connectivity index (χ0n) is 8.55. The van der Waals surface area contributed by atoms with Gasteiger partial charge in [0.25, 0.3) is 0 Å². The number of benzene rings is 1. The second kappa shape index (κ2) is 5.80. The normalized spacial score (nSPS) is 10.5. The van der Waals surface area contributed by atoms with Gasteiger partial charge in [-0.15, -0.1) is 0 Å². The van der Waals surface area contributed by atoms with E-state index in [0.717, 1.165) is 23.9 Å². The van der Waals surface area contributed by atoms with Crippen molar-refractivity contribution in [3.8, 4) is 5.75 Å². The molecule has 0 heterocycles. The SMILES string of the molecule is CCCOc1cccc(/C=C/[N+](=O)[O-])c1. The number of rotatable bonds is 5. The van der Waals surface area contributed by atoms with Crippen molar-refractivity contribution in [1.82, 2.24) is 0 Å². The second-order valence-electron chi connectivity index (χ2n) is 3.02. The average molecular weight is 207 g/mol. The standard InChI is InChI=1S/C11H13NO3/c1-2-8-15-11-5-3-4-10(9-11)6-7-12(13)14/h3-7,9H,2,8H2,1H3/b7-6+. The van der Waals surface area contributed by atoms with Crippen LogP contribution < -0.4 is 4.74 Å². The van der Waals surface area contributed by atoms with E-state index >= 15 is 0 Å².